The number of hydrogen-bond acceptors (Lipinski definition) is 2. The van der Waals surface area contributed by atoms with Gasteiger partial charge in [-0.2, -0.15) is 0 Å². The van der Waals surface area contributed by atoms with E-state index < -0.39 is 0 Å². The minimum absolute atomic E-state index is 0.104. The van der Waals surface area contributed by atoms with Gasteiger partial charge < -0.3 is 9.32 Å². The zero-order valence-corrected chi connectivity index (χ0v) is 28.6. The van der Waals surface area contributed by atoms with Gasteiger partial charge in [-0.15, -0.1) is 0 Å². The summed E-state index contributed by atoms with van der Waals surface area (Å²) in [6.07, 6.45) is 0. The van der Waals surface area contributed by atoms with Gasteiger partial charge in [0.25, 0.3) is 0 Å². The molecule has 0 fully saturated rings. The number of anilines is 3. The summed E-state index contributed by atoms with van der Waals surface area (Å²) in [5.74, 6) is 0. The van der Waals surface area contributed by atoms with Gasteiger partial charge in [0.2, 0.25) is 0 Å². The van der Waals surface area contributed by atoms with Crippen molar-refractivity contribution in [3.63, 3.8) is 0 Å². The Labute approximate surface area is 297 Å². The Hall–Kier alpha value is -6.38. The maximum atomic E-state index is 6.42. The van der Waals surface area contributed by atoms with Crippen LogP contribution in [0.5, 0.6) is 0 Å². The van der Waals surface area contributed by atoms with Crippen LogP contribution in [0.1, 0.15) is 25.0 Å². The maximum Gasteiger partial charge on any atom is 0.143 e. The quantitative estimate of drug-likeness (QED) is 0.184. The first kappa shape index (κ1) is 29.5. The van der Waals surface area contributed by atoms with Gasteiger partial charge in [-0.25, -0.2) is 0 Å². The zero-order valence-electron chi connectivity index (χ0n) is 28.6. The van der Waals surface area contributed by atoms with Crippen molar-refractivity contribution >= 4 is 49.8 Å². The molecule has 1 aromatic heterocycles. The van der Waals surface area contributed by atoms with E-state index in [1.807, 2.05) is 12.1 Å². The number of hydrogen-bond donors (Lipinski definition) is 0. The summed E-state index contributed by atoms with van der Waals surface area (Å²) in [6.45, 7) is 4.70. The first-order valence-corrected chi connectivity index (χ1v) is 17.7. The van der Waals surface area contributed by atoms with Crippen LogP contribution < -0.4 is 4.90 Å². The number of benzene rings is 8. The Morgan fingerprint density at radius 1 is 0.412 bits per heavy atom. The molecule has 10 rings (SSSR count). The molecular formula is C49H35NO. The fraction of sp³-hybridized carbons (Fsp3) is 0.0612. The summed E-state index contributed by atoms with van der Waals surface area (Å²) in [5, 5.41) is 4.78. The highest BCUT2D eigenvalue weighted by atomic mass is 16.3. The summed E-state index contributed by atoms with van der Waals surface area (Å²) in [7, 11) is 0. The lowest BCUT2D eigenvalue weighted by Gasteiger charge is -2.28. The van der Waals surface area contributed by atoms with E-state index in [2.05, 4.69) is 183 Å². The molecule has 0 spiro atoms. The molecule has 0 unspecified atom stereocenters. The van der Waals surface area contributed by atoms with Crippen molar-refractivity contribution in [2.24, 2.45) is 0 Å². The molecule has 1 aliphatic rings. The van der Waals surface area contributed by atoms with E-state index in [1.165, 1.54) is 44.2 Å². The lowest BCUT2D eigenvalue weighted by atomic mass is 9.82. The molecule has 0 N–H and O–H groups in total. The highest BCUT2D eigenvalue weighted by Gasteiger charge is 2.35. The van der Waals surface area contributed by atoms with Crippen molar-refractivity contribution in [1.82, 2.24) is 0 Å². The molecule has 1 heterocycles. The second-order valence-electron chi connectivity index (χ2n) is 14.1. The third kappa shape index (κ3) is 4.64. The molecular weight excluding hydrogens is 619 g/mol. The molecule has 9 aromatic rings. The van der Waals surface area contributed by atoms with Gasteiger partial charge in [0, 0.05) is 38.8 Å². The normalized spacial score (nSPS) is 13.1. The molecule has 0 radical (unpaired) electrons. The molecule has 51 heavy (non-hydrogen) atoms. The van der Waals surface area contributed by atoms with Gasteiger partial charge in [0.05, 0.1) is 0 Å². The van der Waals surface area contributed by atoms with Gasteiger partial charge in [-0.05, 0) is 92.2 Å². The molecule has 0 amide bonds. The summed E-state index contributed by atoms with van der Waals surface area (Å²) in [4.78, 5) is 2.40. The molecule has 0 atom stereocenters. The number of nitrogens with zero attached hydrogens (tertiary/aromatic N) is 1. The number of fused-ring (bicyclic) bond motifs is 7. The van der Waals surface area contributed by atoms with Gasteiger partial charge in [0.15, 0.2) is 0 Å². The third-order valence-corrected chi connectivity index (χ3v) is 10.9. The lowest BCUT2D eigenvalue weighted by Crippen LogP contribution is -2.16. The molecule has 0 saturated carbocycles. The van der Waals surface area contributed by atoms with Crippen LogP contribution in [0.4, 0.5) is 17.1 Å². The molecule has 1 aliphatic carbocycles. The van der Waals surface area contributed by atoms with Crippen molar-refractivity contribution in [1.29, 1.82) is 0 Å². The second kappa shape index (κ2) is 11.3. The minimum Gasteiger partial charge on any atom is -0.455 e. The van der Waals surface area contributed by atoms with E-state index >= 15 is 0 Å². The molecule has 242 valence electrons. The molecule has 0 aliphatic heterocycles. The largest absolute Gasteiger partial charge is 0.455 e. The van der Waals surface area contributed by atoms with E-state index in [0.29, 0.717) is 0 Å². The second-order valence-corrected chi connectivity index (χ2v) is 14.1. The molecule has 2 heteroatoms. The van der Waals surface area contributed by atoms with Gasteiger partial charge in [-0.1, -0.05) is 147 Å². The number of rotatable bonds is 5. The maximum absolute atomic E-state index is 6.42. The minimum atomic E-state index is -0.104. The average Bonchev–Trinajstić information content (AvgIpc) is 3.67. The van der Waals surface area contributed by atoms with Crippen molar-refractivity contribution in [2.45, 2.75) is 19.3 Å². The molecule has 2 nitrogen and oxygen atoms in total. The predicted octanol–water partition coefficient (Wildman–Crippen LogP) is 13.8. The Morgan fingerprint density at radius 2 is 1.04 bits per heavy atom. The van der Waals surface area contributed by atoms with Gasteiger partial charge in [0.1, 0.15) is 11.2 Å². The van der Waals surface area contributed by atoms with Crippen LogP contribution >= 0.6 is 0 Å². The van der Waals surface area contributed by atoms with Crippen molar-refractivity contribution < 1.29 is 4.42 Å². The van der Waals surface area contributed by atoms with Crippen LogP contribution in [0.25, 0.3) is 66.1 Å². The smallest absolute Gasteiger partial charge is 0.143 e. The Bertz CT molecular complexity index is 2780. The standard InChI is InChI=1S/C49H35NO/c1-49(2)45-22-7-5-17-41(45)42-29-28-37(31-46(42)49)50(36-15-9-14-34(30-36)39-19-10-13-32-12-3-4-16-38(32)39)35-26-24-33(25-27-35)40-20-11-21-44-43-18-6-8-23-47(43)51-48(40)44/h3-31H,1-2H3. The van der Waals surface area contributed by atoms with E-state index in [-0.39, 0.29) is 5.41 Å². The van der Waals surface area contributed by atoms with Crippen molar-refractivity contribution in [2.75, 3.05) is 4.90 Å². The Balaban J connectivity index is 1.13. The van der Waals surface area contributed by atoms with Crippen LogP contribution in [0, 0.1) is 0 Å². The summed E-state index contributed by atoms with van der Waals surface area (Å²) >= 11 is 0. The number of furan rings is 1. The monoisotopic (exact) mass is 653 g/mol. The van der Waals surface area contributed by atoms with E-state index in [9.17, 15) is 0 Å². The predicted molar refractivity (Wildman–Crippen MR) is 214 cm³/mol. The topological polar surface area (TPSA) is 16.4 Å². The molecule has 8 aromatic carbocycles. The molecule has 0 bridgehead atoms. The highest BCUT2D eigenvalue weighted by molar-refractivity contribution is 6.09. The van der Waals surface area contributed by atoms with Crippen LogP contribution in [-0.2, 0) is 5.41 Å². The summed E-state index contributed by atoms with van der Waals surface area (Å²) < 4.78 is 6.42. The first-order chi connectivity index (χ1) is 25.0. The van der Waals surface area contributed by atoms with Crippen molar-refractivity contribution in [3.05, 3.63) is 187 Å². The van der Waals surface area contributed by atoms with Crippen LogP contribution in [-0.4, -0.2) is 0 Å². The van der Waals surface area contributed by atoms with Crippen LogP contribution in [0.2, 0.25) is 0 Å². The summed E-state index contributed by atoms with van der Waals surface area (Å²) in [5.41, 5.74) is 15.1. The fourth-order valence-corrected chi connectivity index (χ4v) is 8.33. The van der Waals surface area contributed by atoms with E-state index in [0.717, 1.165) is 50.1 Å². The van der Waals surface area contributed by atoms with Gasteiger partial charge in [-0.3, -0.25) is 0 Å². The third-order valence-electron chi connectivity index (χ3n) is 10.9. The SMILES string of the molecule is CC1(C)c2ccccc2-c2ccc(N(c3ccc(-c4cccc5c4oc4ccccc45)cc3)c3cccc(-c4cccc5ccccc45)c3)cc21. The highest BCUT2D eigenvalue weighted by Crippen LogP contribution is 2.51. The summed E-state index contributed by atoms with van der Waals surface area (Å²) in [6, 6.07) is 63.7. The first-order valence-electron chi connectivity index (χ1n) is 17.7. The number of para-hydroxylation sites is 2. The van der Waals surface area contributed by atoms with Crippen LogP contribution in [0.3, 0.4) is 0 Å². The van der Waals surface area contributed by atoms with Crippen molar-refractivity contribution in [3.8, 4) is 33.4 Å². The van der Waals surface area contributed by atoms with E-state index in [4.69, 9.17) is 4.42 Å². The van der Waals surface area contributed by atoms with Crippen LogP contribution in [0.15, 0.2) is 180 Å². The van der Waals surface area contributed by atoms with Gasteiger partial charge >= 0.3 is 0 Å². The lowest BCUT2D eigenvalue weighted by molar-refractivity contribution is 0.660. The van der Waals surface area contributed by atoms with E-state index in [1.54, 1.807) is 0 Å². The Kier molecular flexibility index (Phi) is 6.56. The zero-order chi connectivity index (χ0) is 34.1. The molecule has 0 saturated heterocycles. The fourth-order valence-electron chi connectivity index (χ4n) is 8.33. The average molecular weight is 654 g/mol. The Morgan fingerprint density at radius 3 is 1.94 bits per heavy atom.